The SMILES string of the molecule is CC(=O)O.COc1ccc(/C=C2/SC(=S)N(C3CCS(=O)(=O)C3)C2=O)cc1OC.COc1ccc(/C=C2/SC(=S)N(C3CCS(=O)(=O)C3)C2=O)cc1OC.COc1ccc(/C=C2/SC(=S)N(C3CCS(=O)(=O)C3)C2=O)cc1OC.COc1ccc(/C=C2/SC(=S)N(C3CCS(=O)(=O)C3)C2=O)cc1OC.COc1ccc(/C=C2/SC(=S)N(C3CCS(=O)(=O)C3)C2=O)cc1OC. The van der Waals surface area contributed by atoms with Crippen molar-refractivity contribution in [2.75, 3.05) is 129 Å². The fourth-order valence-corrected chi connectivity index (χ4v) is 29.8. The number of carbonyl (C=O) groups excluding carboxylic acids is 5. The van der Waals surface area contributed by atoms with Crippen molar-refractivity contribution in [2.24, 2.45) is 0 Å². The van der Waals surface area contributed by atoms with E-state index >= 15 is 0 Å². The Bertz CT molecular complexity index is 5260. The number of aliphatic carboxylic acids is 1. The highest BCUT2D eigenvalue weighted by molar-refractivity contribution is 8.28. The number of thioether (sulfide) groups is 5. The third-order valence-electron chi connectivity index (χ3n) is 20.5. The normalized spacial score (nSPS) is 23.6. The number of rotatable bonds is 20. The minimum absolute atomic E-state index is 0.0247. The molecule has 0 aromatic heterocycles. The van der Waals surface area contributed by atoms with Gasteiger partial charge in [0.15, 0.2) is 107 Å². The number of hydrogen-bond acceptors (Lipinski definition) is 36. The van der Waals surface area contributed by atoms with Gasteiger partial charge in [-0.05, 0) is 151 Å². The highest BCUT2D eigenvalue weighted by Crippen LogP contribution is 2.45. The summed E-state index contributed by atoms with van der Waals surface area (Å²) in [6.45, 7) is 1.08. The lowest BCUT2D eigenvalue weighted by Gasteiger charge is -2.20. The standard InChI is InChI=1S/5C16H17NO5S3.C2H4O2/c5*1-21-12-4-3-10(7-13(12)22-2)8-14-15(18)17(16(23)24-14)11-5-6-25(19,20)9-11;1-2(3)4/h5*3-4,7-8,11H,5-6,9H2,1-2H3;1H3,(H,3,4)/b5*14-8+;. The molecule has 0 radical (unpaired) electrons. The maximum atomic E-state index is 12.7. The average molecular weight is 2060 g/mol. The largest absolute Gasteiger partial charge is 0.493 e. The lowest BCUT2D eigenvalue weighted by molar-refractivity contribution is -0.134. The van der Waals surface area contributed by atoms with Crippen LogP contribution in [0.4, 0.5) is 0 Å². The van der Waals surface area contributed by atoms with Gasteiger partial charge in [-0.25, -0.2) is 42.1 Å². The maximum absolute atomic E-state index is 12.7. The number of ether oxygens (including phenoxy) is 10. The van der Waals surface area contributed by atoms with Crippen molar-refractivity contribution in [3.63, 3.8) is 0 Å². The monoisotopic (exact) mass is 2060 g/mol. The second-order valence-electron chi connectivity index (χ2n) is 29.1. The van der Waals surface area contributed by atoms with Crippen molar-refractivity contribution in [1.29, 1.82) is 0 Å². The maximum Gasteiger partial charge on any atom is 0.300 e. The quantitative estimate of drug-likeness (QED) is 0.0558. The molecule has 47 heteroatoms. The molecule has 5 aromatic rings. The van der Waals surface area contributed by atoms with Gasteiger partial charge < -0.3 is 52.5 Å². The molecule has 0 bridgehead atoms. The number of hydrogen-bond donors (Lipinski definition) is 1. The van der Waals surface area contributed by atoms with Crippen LogP contribution < -0.4 is 47.4 Å². The van der Waals surface area contributed by atoms with Crippen LogP contribution in [0.15, 0.2) is 116 Å². The number of amides is 5. The molecular formula is C82H89N5O27S15. The number of nitrogens with zero attached hydrogens (tertiary/aromatic N) is 5. The van der Waals surface area contributed by atoms with Gasteiger partial charge >= 0.3 is 0 Å². The van der Waals surface area contributed by atoms with Crippen LogP contribution in [0.2, 0.25) is 0 Å². The molecule has 694 valence electrons. The van der Waals surface area contributed by atoms with Crippen molar-refractivity contribution < 1.29 is 123 Å². The van der Waals surface area contributed by atoms with Crippen molar-refractivity contribution >= 4 is 257 Å². The number of carboxylic acids is 1. The van der Waals surface area contributed by atoms with Crippen LogP contribution in [0.3, 0.4) is 0 Å². The van der Waals surface area contributed by atoms with Gasteiger partial charge in [0.05, 0.1) is 183 Å². The molecule has 10 saturated heterocycles. The molecule has 10 aliphatic rings. The van der Waals surface area contributed by atoms with Gasteiger partial charge in [-0.15, -0.1) is 0 Å². The van der Waals surface area contributed by atoms with E-state index in [4.69, 9.17) is 118 Å². The Kier molecular flexibility index (Phi) is 35.3. The first-order valence-electron chi connectivity index (χ1n) is 38.6. The highest BCUT2D eigenvalue weighted by Gasteiger charge is 2.48. The molecule has 5 aromatic carbocycles. The number of carbonyl (C=O) groups is 6. The zero-order valence-electron chi connectivity index (χ0n) is 71.0. The Balaban J connectivity index is 0.000000166. The molecular weight excluding hydrogens is 1970 g/mol. The van der Waals surface area contributed by atoms with Crippen LogP contribution in [0.5, 0.6) is 57.5 Å². The Morgan fingerprint density at radius 2 is 0.434 bits per heavy atom. The molecule has 1 N–H and O–H groups in total. The predicted octanol–water partition coefficient (Wildman–Crippen LogP) is 10.6. The average Bonchev–Trinajstić information content (AvgIpc) is 1.65. The summed E-state index contributed by atoms with van der Waals surface area (Å²) >= 11 is 32.4. The summed E-state index contributed by atoms with van der Waals surface area (Å²) in [5, 5.41) is 7.42. The first-order chi connectivity index (χ1) is 60.9. The molecule has 0 spiro atoms. The molecule has 15 rings (SSSR count). The number of carboxylic acid groups (broad SMARTS) is 1. The summed E-state index contributed by atoms with van der Waals surface area (Å²) in [5.74, 6) is 4.15. The second kappa shape index (κ2) is 44.4. The Labute approximate surface area is 795 Å². The molecule has 5 atom stereocenters. The van der Waals surface area contributed by atoms with E-state index in [0.29, 0.717) is 136 Å². The molecule has 10 fully saturated rings. The molecule has 32 nitrogen and oxygen atoms in total. The van der Waals surface area contributed by atoms with Gasteiger partial charge in [-0.1, -0.05) is 150 Å². The van der Waals surface area contributed by atoms with E-state index in [0.717, 1.165) is 34.7 Å². The van der Waals surface area contributed by atoms with Crippen LogP contribution >= 0.6 is 120 Å². The first-order valence-corrected chi connectivity index (χ1v) is 53.9. The van der Waals surface area contributed by atoms with E-state index in [2.05, 4.69) is 0 Å². The van der Waals surface area contributed by atoms with Crippen molar-refractivity contribution in [3.8, 4) is 57.5 Å². The Morgan fingerprint density at radius 3 is 0.550 bits per heavy atom. The fraction of sp³-hybridized carbons (Fsp3) is 0.378. The number of sulfone groups is 5. The van der Waals surface area contributed by atoms with Crippen LogP contribution in [0, 0.1) is 0 Å². The molecule has 0 saturated carbocycles. The molecule has 0 aliphatic carbocycles. The van der Waals surface area contributed by atoms with Crippen LogP contribution in [0.1, 0.15) is 66.8 Å². The lowest BCUT2D eigenvalue weighted by atomic mass is 10.1. The zero-order chi connectivity index (χ0) is 94.5. The van der Waals surface area contributed by atoms with Crippen LogP contribution in [0.25, 0.3) is 30.4 Å². The topological polar surface area (TPSA) is 402 Å². The van der Waals surface area contributed by atoms with E-state index in [1.54, 1.807) is 162 Å². The zero-order valence-corrected chi connectivity index (χ0v) is 83.2. The number of methoxy groups -OCH3 is 10. The summed E-state index contributed by atoms with van der Waals surface area (Å²) in [7, 11) is 0.0584. The number of thiocarbonyl (C=S) groups is 5. The Hall–Kier alpha value is -8.43. The first kappa shape index (κ1) is 103. The van der Waals surface area contributed by atoms with E-state index in [-0.39, 0.29) is 117 Å². The van der Waals surface area contributed by atoms with E-state index < -0.39 is 55.2 Å². The summed E-state index contributed by atoms with van der Waals surface area (Å²) < 4.78 is 171. The molecule has 10 heterocycles. The van der Waals surface area contributed by atoms with Gasteiger partial charge in [-0.3, -0.25) is 53.3 Å². The minimum atomic E-state index is -3.09. The van der Waals surface area contributed by atoms with E-state index in [1.807, 2.05) is 30.3 Å². The van der Waals surface area contributed by atoms with Gasteiger partial charge in [0.2, 0.25) is 0 Å². The molecule has 10 aliphatic heterocycles. The lowest BCUT2D eigenvalue weighted by Crippen LogP contribution is -2.39. The summed E-state index contributed by atoms with van der Waals surface area (Å²) in [5.41, 5.74) is 3.88. The van der Waals surface area contributed by atoms with Gasteiger partial charge in [0.1, 0.15) is 21.6 Å². The van der Waals surface area contributed by atoms with Gasteiger partial charge in [0, 0.05) is 6.92 Å². The third-order valence-corrected chi connectivity index (χ3v) is 35.9. The van der Waals surface area contributed by atoms with Crippen molar-refractivity contribution in [2.45, 2.75) is 69.2 Å². The van der Waals surface area contributed by atoms with Crippen molar-refractivity contribution in [3.05, 3.63) is 143 Å². The molecule has 5 amide bonds. The molecule has 5 unspecified atom stereocenters. The van der Waals surface area contributed by atoms with E-state index in [1.165, 1.54) is 83.3 Å². The van der Waals surface area contributed by atoms with Crippen molar-refractivity contribution in [1.82, 2.24) is 24.5 Å². The minimum Gasteiger partial charge on any atom is -0.493 e. The van der Waals surface area contributed by atoms with E-state index in [9.17, 15) is 66.1 Å². The van der Waals surface area contributed by atoms with Crippen LogP contribution in [-0.4, -0.2) is 288 Å². The summed E-state index contributed by atoms with van der Waals surface area (Å²) in [6.07, 6.45) is 10.8. The summed E-state index contributed by atoms with van der Waals surface area (Å²) in [6, 6.07) is 24.9. The third kappa shape index (κ3) is 26.1. The fourth-order valence-electron chi connectivity index (χ4n) is 14.3. The van der Waals surface area contributed by atoms with Gasteiger partial charge in [-0.2, -0.15) is 0 Å². The Morgan fingerprint density at radius 1 is 0.295 bits per heavy atom. The smallest absolute Gasteiger partial charge is 0.300 e. The highest BCUT2D eigenvalue weighted by atomic mass is 32.2. The number of benzene rings is 5. The van der Waals surface area contributed by atoms with Gasteiger partial charge in [0.25, 0.3) is 35.5 Å². The van der Waals surface area contributed by atoms with Crippen LogP contribution in [-0.2, 0) is 78.0 Å². The second-order valence-corrected chi connectivity index (χ2v) is 48.7. The molecule has 129 heavy (non-hydrogen) atoms. The summed E-state index contributed by atoms with van der Waals surface area (Å²) in [4.78, 5) is 82.0. The predicted molar refractivity (Wildman–Crippen MR) is 521 cm³/mol.